The molecular weight excluding hydrogens is 556 g/mol. The first-order chi connectivity index (χ1) is 18.9. The smallest absolute Gasteiger partial charge is 0.255 e. The van der Waals surface area contributed by atoms with Gasteiger partial charge in [-0.1, -0.05) is 6.07 Å². The van der Waals surface area contributed by atoms with E-state index in [9.17, 15) is 43.4 Å². The Bertz CT molecular complexity index is 1610. The summed E-state index contributed by atoms with van der Waals surface area (Å²) >= 11 is 0. The first kappa shape index (κ1) is 30.2. The van der Waals surface area contributed by atoms with Gasteiger partial charge in [0.15, 0.2) is 17.0 Å². The number of sulfonamides is 1. The number of nitrogens with zero attached hydrogens (tertiary/aromatic N) is 2. The van der Waals surface area contributed by atoms with Gasteiger partial charge >= 0.3 is 0 Å². The summed E-state index contributed by atoms with van der Waals surface area (Å²) in [5.41, 5.74) is 11.7. The molecule has 1 aromatic rings. The second-order valence-electron chi connectivity index (χ2n) is 11.2. The number of primary amides is 1. The van der Waals surface area contributed by atoms with E-state index >= 15 is 0 Å². The fourth-order valence-corrected chi connectivity index (χ4v) is 7.18. The first-order valence-corrected chi connectivity index (χ1v) is 14.5. The number of amides is 1. The number of nitrogens with one attached hydrogen (secondary N) is 1. The maximum absolute atomic E-state index is 14.3. The third-order valence-electron chi connectivity index (χ3n) is 8.22. The van der Waals surface area contributed by atoms with Crippen molar-refractivity contribution in [3.63, 3.8) is 0 Å². The number of aliphatic hydroxyl groups excluding tert-OH is 2. The van der Waals surface area contributed by atoms with E-state index in [0.29, 0.717) is 24.0 Å². The lowest BCUT2D eigenvalue weighted by Gasteiger charge is -2.58. The number of fused-ring (bicyclic) bond motifs is 3. The van der Waals surface area contributed by atoms with E-state index in [2.05, 4.69) is 4.72 Å². The third kappa shape index (κ3) is 4.21. The standard InChI is InChI=1S/C26H32N6O8S/c1-32(2)20-19(35)16(23(28)38)21(36)25(11-27)22(37)17-18(34)15-13(9-24(17,29)10-26(20,25)30)12(6-7-14(15)33)5-4-8-31-41(3,39)40/h6-7,20,31,33-34,36H,4-5,8-10,29-30H2,1-3H3,(H2,28,38)/t20-,24-,25+,26-/m1/s1. The van der Waals surface area contributed by atoms with E-state index in [1.165, 1.54) is 25.1 Å². The average molecular weight is 589 g/mol. The zero-order chi connectivity index (χ0) is 30.9. The summed E-state index contributed by atoms with van der Waals surface area (Å²) < 4.78 is 25.2. The number of benzene rings is 1. The number of carbonyl (C=O) groups is 3. The molecule has 3 aliphatic carbocycles. The molecule has 4 atom stereocenters. The van der Waals surface area contributed by atoms with Gasteiger partial charge in [-0.2, -0.15) is 5.26 Å². The molecule has 1 saturated carbocycles. The van der Waals surface area contributed by atoms with Crippen LogP contribution in [0.4, 0.5) is 0 Å². The summed E-state index contributed by atoms with van der Waals surface area (Å²) in [7, 11) is -0.544. The number of aryl methyl sites for hydroxylation is 1. The summed E-state index contributed by atoms with van der Waals surface area (Å²) in [5, 5.41) is 43.8. The lowest BCUT2D eigenvalue weighted by atomic mass is 9.47. The fraction of sp³-hybridized carbons (Fsp3) is 0.462. The van der Waals surface area contributed by atoms with E-state index < -0.39 is 84.9 Å². The molecule has 0 spiro atoms. The van der Waals surface area contributed by atoms with Crippen LogP contribution in [0.1, 0.15) is 29.5 Å². The molecule has 4 rings (SSSR count). The van der Waals surface area contributed by atoms with Crippen LogP contribution in [0.3, 0.4) is 0 Å². The van der Waals surface area contributed by atoms with Crippen molar-refractivity contribution in [3.8, 4) is 11.8 Å². The van der Waals surface area contributed by atoms with Crippen LogP contribution in [0.5, 0.6) is 5.75 Å². The lowest BCUT2D eigenvalue weighted by molar-refractivity contribution is -0.139. The van der Waals surface area contributed by atoms with Crippen LogP contribution >= 0.6 is 0 Å². The topological polar surface area (TPSA) is 263 Å². The summed E-state index contributed by atoms with van der Waals surface area (Å²) in [6, 6.07) is 3.11. The Hall–Kier alpha value is -3.81. The van der Waals surface area contributed by atoms with Crippen molar-refractivity contribution in [3.05, 3.63) is 45.7 Å². The number of nitriles is 1. The molecule has 1 amide bonds. The fourth-order valence-electron chi connectivity index (χ4n) is 6.66. The number of hydrogen-bond acceptors (Lipinski definition) is 12. The lowest BCUT2D eigenvalue weighted by Crippen LogP contribution is -2.80. The molecule has 0 heterocycles. The van der Waals surface area contributed by atoms with Gasteiger partial charge in [0, 0.05) is 6.54 Å². The van der Waals surface area contributed by atoms with E-state index in [-0.39, 0.29) is 18.5 Å². The van der Waals surface area contributed by atoms with Crippen LogP contribution in [-0.4, -0.2) is 90.1 Å². The number of Topliss-reactive ketones (excluding diaryl/α,β-unsaturated/α-hetero) is 2. The predicted molar refractivity (Wildman–Crippen MR) is 145 cm³/mol. The Morgan fingerprint density at radius 2 is 1.85 bits per heavy atom. The van der Waals surface area contributed by atoms with Crippen molar-refractivity contribution in [2.75, 3.05) is 26.9 Å². The van der Waals surface area contributed by atoms with E-state index in [1.807, 2.05) is 0 Å². The second kappa shape index (κ2) is 9.64. The Morgan fingerprint density at radius 1 is 1.22 bits per heavy atom. The molecule has 1 fully saturated rings. The average Bonchev–Trinajstić information content (AvgIpc) is 2.81. The molecule has 10 N–H and O–H groups in total. The van der Waals surface area contributed by atoms with Gasteiger partial charge in [-0.05, 0) is 57.0 Å². The maximum Gasteiger partial charge on any atom is 0.255 e. The van der Waals surface area contributed by atoms with Crippen molar-refractivity contribution < 1.29 is 38.1 Å². The predicted octanol–water partition coefficient (Wildman–Crippen LogP) is -1.61. The van der Waals surface area contributed by atoms with Crippen LogP contribution < -0.4 is 21.9 Å². The van der Waals surface area contributed by atoms with Crippen molar-refractivity contribution in [1.29, 1.82) is 5.26 Å². The highest BCUT2D eigenvalue weighted by atomic mass is 32.2. The number of carbonyl (C=O) groups excluding carboxylic acids is 3. The number of likely N-dealkylation sites (N-methyl/N-ethyl adjacent to an activating group) is 1. The van der Waals surface area contributed by atoms with Gasteiger partial charge in [-0.3, -0.25) is 19.3 Å². The number of phenols is 1. The largest absolute Gasteiger partial charge is 0.509 e. The van der Waals surface area contributed by atoms with Crippen LogP contribution in [0.15, 0.2) is 29.0 Å². The zero-order valence-electron chi connectivity index (χ0n) is 22.7. The molecular formula is C26H32N6O8S. The van der Waals surface area contributed by atoms with Gasteiger partial charge in [-0.15, -0.1) is 0 Å². The molecule has 0 saturated heterocycles. The highest BCUT2D eigenvalue weighted by Crippen LogP contribution is 2.58. The monoisotopic (exact) mass is 588 g/mol. The molecule has 15 heteroatoms. The molecule has 0 bridgehead atoms. The second-order valence-corrected chi connectivity index (χ2v) is 13.0. The molecule has 0 aromatic heterocycles. The van der Waals surface area contributed by atoms with Crippen molar-refractivity contribution in [2.24, 2.45) is 22.6 Å². The van der Waals surface area contributed by atoms with Crippen molar-refractivity contribution >= 4 is 33.3 Å². The van der Waals surface area contributed by atoms with Gasteiger partial charge in [0.05, 0.1) is 40.6 Å². The number of hydrogen-bond donors (Lipinski definition) is 7. The summed E-state index contributed by atoms with van der Waals surface area (Å²) in [6.45, 7) is 0.116. The molecule has 41 heavy (non-hydrogen) atoms. The van der Waals surface area contributed by atoms with Crippen LogP contribution in [0.25, 0.3) is 5.76 Å². The van der Waals surface area contributed by atoms with Crippen molar-refractivity contribution in [1.82, 2.24) is 9.62 Å². The molecule has 1 aromatic carbocycles. The van der Waals surface area contributed by atoms with E-state index in [4.69, 9.17) is 17.2 Å². The number of aromatic hydroxyl groups is 1. The Labute approximate surface area is 236 Å². The first-order valence-electron chi connectivity index (χ1n) is 12.6. The summed E-state index contributed by atoms with van der Waals surface area (Å²) in [4.78, 5) is 41.3. The van der Waals surface area contributed by atoms with Crippen LogP contribution in [0, 0.1) is 16.7 Å². The molecule has 0 radical (unpaired) electrons. The zero-order valence-corrected chi connectivity index (χ0v) is 23.5. The van der Waals surface area contributed by atoms with Gasteiger partial charge in [-0.25, -0.2) is 13.1 Å². The van der Waals surface area contributed by atoms with Gasteiger partial charge in [0.1, 0.15) is 22.8 Å². The normalized spacial score (nSPS) is 29.6. The van der Waals surface area contributed by atoms with Crippen molar-refractivity contribution in [2.45, 2.75) is 42.8 Å². The van der Waals surface area contributed by atoms with E-state index in [1.54, 1.807) is 12.1 Å². The number of nitrogens with two attached hydrogens (primary N) is 3. The minimum Gasteiger partial charge on any atom is -0.509 e. The minimum absolute atomic E-state index is 0.116. The highest BCUT2D eigenvalue weighted by Gasteiger charge is 2.74. The molecule has 220 valence electrons. The molecule has 14 nitrogen and oxygen atoms in total. The third-order valence-corrected chi connectivity index (χ3v) is 8.95. The number of phenolic OH excluding ortho intramolecular Hbond substituents is 1. The van der Waals surface area contributed by atoms with Gasteiger partial charge in [0.25, 0.3) is 5.91 Å². The maximum atomic E-state index is 14.3. The molecule has 3 aliphatic rings. The Kier molecular flexibility index (Phi) is 7.09. The summed E-state index contributed by atoms with van der Waals surface area (Å²) in [5.74, 6) is -5.93. The molecule has 0 aliphatic heterocycles. The minimum atomic E-state index is -3.42. The quantitative estimate of drug-likeness (QED) is 0.140. The van der Waals surface area contributed by atoms with Crippen LogP contribution in [-0.2, 0) is 37.2 Å². The Morgan fingerprint density at radius 3 is 2.39 bits per heavy atom. The van der Waals surface area contributed by atoms with Gasteiger partial charge in [0.2, 0.25) is 10.0 Å². The van der Waals surface area contributed by atoms with Crippen LogP contribution in [0.2, 0.25) is 0 Å². The Balaban J connectivity index is 1.96. The van der Waals surface area contributed by atoms with E-state index in [0.717, 1.165) is 6.26 Å². The number of ketones is 2. The highest BCUT2D eigenvalue weighted by molar-refractivity contribution is 7.88. The van der Waals surface area contributed by atoms with Gasteiger partial charge < -0.3 is 32.5 Å². The molecule has 0 unspecified atom stereocenters. The number of aliphatic hydroxyl groups is 2. The SMILES string of the molecule is CN(C)[C@@H]1C(=O)C(C(N)=O)=C(O)[C@@]2(C#N)C(=O)C3=C(O)c4c(O)ccc(CCCNS(C)(=O)=O)c4C[C@@]3(N)C[C@@]12N. The number of rotatable bonds is 7. The summed E-state index contributed by atoms with van der Waals surface area (Å²) in [6.07, 6.45) is 1.03.